The smallest absolute Gasteiger partial charge is 0.268 e. The molecule has 1 atom stereocenters. The van der Waals surface area contributed by atoms with Crippen molar-refractivity contribution < 1.29 is 9.53 Å². The van der Waals surface area contributed by atoms with Gasteiger partial charge in [0.2, 0.25) is 5.91 Å². The van der Waals surface area contributed by atoms with E-state index >= 15 is 0 Å². The number of amides is 1. The molecule has 0 aliphatic carbocycles. The number of nitrogens with zero attached hydrogens (tertiary/aromatic N) is 5. The highest BCUT2D eigenvalue weighted by atomic mass is 16.5. The number of hydrogen-bond acceptors (Lipinski definition) is 6. The Kier molecular flexibility index (Phi) is 5.92. The van der Waals surface area contributed by atoms with Crippen LogP contribution >= 0.6 is 0 Å². The number of hydrogen-bond donors (Lipinski definition) is 0. The van der Waals surface area contributed by atoms with Crippen LogP contribution in [0.3, 0.4) is 0 Å². The van der Waals surface area contributed by atoms with E-state index in [2.05, 4.69) is 21.0 Å². The average molecular weight is 412 g/mol. The number of aromatic nitrogens is 2. The molecule has 0 radical (unpaired) electrons. The standard InChI is InChI=1S/C22H29N5O3/c1-24-21(28)14-19(15-23-24)27-8-4-5-17(16-27)22(29)26-11-9-25(10-12-26)18-6-3-7-20(13-18)30-2/h3,6-7,13-15,17H,4-5,8-12,16H2,1-2H3. The first-order valence-corrected chi connectivity index (χ1v) is 10.5. The van der Waals surface area contributed by atoms with Crippen LogP contribution in [-0.4, -0.2) is 67.0 Å². The third-order valence-corrected chi connectivity index (χ3v) is 6.10. The number of anilines is 2. The normalized spacial score (nSPS) is 19.7. The molecule has 30 heavy (non-hydrogen) atoms. The fourth-order valence-electron chi connectivity index (χ4n) is 4.30. The predicted octanol–water partition coefficient (Wildman–Crippen LogP) is 1.35. The summed E-state index contributed by atoms with van der Waals surface area (Å²) in [4.78, 5) is 31.5. The van der Waals surface area contributed by atoms with E-state index in [4.69, 9.17) is 4.74 Å². The number of aryl methyl sites for hydroxylation is 1. The maximum atomic E-state index is 13.2. The zero-order chi connectivity index (χ0) is 21.1. The van der Waals surface area contributed by atoms with Gasteiger partial charge in [-0.25, -0.2) is 4.68 Å². The van der Waals surface area contributed by atoms with Crippen molar-refractivity contribution in [3.63, 3.8) is 0 Å². The molecule has 2 saturated heterocycles. The third kappa shape index (κ3) is 4.27. The largest absolute Gasteiger partial charge is 0.497 e. The van der Waals surface area contributed by atoms with E-state index in [-0.39, 0.29) is 17.4 Å². The van der Waals surface area contributed by atoms with E-state index in [0.29, 0.717) is 6.54 Å². The summed E-state index contributed by atoms with van der Waals surface area (Å²) >= 11 is 0. The maximum Gasteiger partial charge on any atom is 0.268 e. The first-order chi connectivity index (χ1) is 14.5. The van der Waals surface area contributed by atoms with Gasteiger partial charge in [-0.15, -0.1) is 0 Å². The van der Waals surface area contributed by atoms with Crippen molar-refractivity contribution >= 4 is 17.3 Å². The number of carbonyl (C=O) groups excluding carboxylic acids is 1. The zero-order valence-electron chi connectivity index (χ0n) is 17.7. The van der Waals surface area contributed by atoms with E-state index in [9.17, 15) is 9.59 Å². The van der Waals surface area contributed by atoms with Crippen molar-refractivity contribution in [1.82, 2.24) is 14.7 Å². The van der Waals surface area contributed by atoms with Crippen molar-refractivity contribution in [3.8, 4) is 5.75 Å². The van der Waals surface area contributed by atoms with Gasteiger partial charge in [0, 0.05) is 64.1 Å². The van der Waals surface area contributed by atoms with Crippen LogP contribution in [0.4, 0.5) is 11.4 Å². The fourth-order valence-corrected chi connectivity index (χ4v) is 4.30. The Balaban J connectivity index is 1.36. The van der Waals surface area contributed by atoms with Crippen LogP contribution in [0.5, 0.6) is 5.75 Å². The number of piperazine rings is 1. The molecule has 0 bridgehead atoms. The molecule has 3 heterocycles. The maximum absolute atomic E-state index is 13.2. The molecule has 4 rings (SSSR count). The van der Waals surface area contributed by atoms with Gasteiger partial charge >= 0.3 is 0 Å². The van der Waals surface area contributed by atoms with Gasteiger partial charge in [-0.2, -0.15) is 5.10 Å². The van der Waals surface area contributed by atoms with Crippen molar-refractivity contribution in [2.45, 2.75) is 12.8 Å². The molecule has 0 spiro atoms. The van der Waals surface area contributed by atoms with Crippen molar-refractivity contribution in [2.24, 2.45) is 13.0 Å². The molecule has 1 aromatic heterocycles. The van der Waals surface area contributed by atoms with Crippen molar-refractivity contribution in [2.75, 3.05) is 56.2 Å². The van der Waals surface area contributed by atoms with Crippen LogP contribution in [0, 0.1) is 5.92 Å². The molecule has 1 unspecified atom stereocenters. The van der Waals surface area contributed by atoms with E-state index in [1.807, 2.05) is 23.1 Å². The van der Waals surface area contributed by atoms with Crippen LogP contribution < -0.4 is 20.1 Å². The Morgan fingerprint density at radius 1 is 1.07 bits per heavy atom. The lowest BCUT2D eigenvalue weighted by Crippen LogP contribution is -2.52. The first kappa shape index (κ1) is 20.3. The summed E-state index contributed by atoms with van der Waals surface area (Å²) in [6, 6.07) is 9.66. The van der Waals surface area contributed by atoms with Crippen molar-refractivity contribution in [3.05, 3.63) is 46.9 Å². The Hall–Kier alpha value is -3.03. The molecule has 8 heteroatoms. The molecule has 0 saturated carbocycles. The Bertz CT molecular complexity index is 952. The summed E-state index contributed by atoms with van der Waals surface area (Å²) < 4.78 is 6.64. The van der Waals surface area contributed by atoms with Crippen molar-refractivity contribution in [1.29, 1.82) is 0 Å². The lowest BCUT2D eigenvalue weighted by Gasteiger charge is -2.40. The lowest BCUT2D eigenvalue weighted by atomic mass is 9.96. The minimum Gasteiger partial charge on any atom is -0.497 e. The number of benzene rings is 1. The predicted molar refractivity (Wildman–Crippen MR) is 116 cm³/mol. The average Bonchev–Trinajstić information content (AvgIpc) is 2.80. The van der Waals surface area contributed by atoms with Gasteiger partial charge in [0.05, 0.1) is 24.9 Å². The van der Waals surface area contributed by atoms with E-state index < -0.39 is 0 Å². The monoisotopic (exact) mass is 411 g/mol. The molecule has 2 aliphatic heterocycles. The third-order valence-electron chi connectivity index (χ3n) is 6.10. The Morgan fingerprint density at radius 3 is 2.60 bits per heavy atom. The summed E-state index contributed by atoms with van der Waals surface area (Å²) in [7, 11) is 3.31. The molecule has 0 N–H and O–H groups in total. The molecule has 2 fully saturated rings. The fraction of sp³-hybridized carbons (Fsp3) is 0.500. The summed E-state index contributed by atoms with van der Waals surface area (Å²) in [5.41, 5.74) is 1.80. The number of carbonyl (C=O) groups is 1. The number of methoxy groups -OCH3 is 1. The molecular formula is C22H29N5O3. The summed E-state index contributed by atoms with van der Waals surface area (Å²) in [5, 5.41) is 4.12. The molecule has 2 aromatic rings. The number of ether oxygens (including phenoxy) is 1. The molecule has 2 aliphatic rings. The number of rotatable bonds is 4. The van der Waals surface area contributed by atoms with Gasteiger partial charge in [-0.1, -0.05) is 6.07 Å². The van der Waals surface area contributed by atoms with Crippen LogP contribution in [0.1, 0.15) is 12.8 Å². The molecule has 1 amide bonds. The summed E-state index contributed by atoms with van der Waals surface area (Å²) in [5.74, 6) is 1.03. The van der Waals surface area contributed by atoms with E-state index in [1.54, 1.807) is 26.4 Å². The SMILES string of the molecule is COc1cccc(N2CCN(C(=O)C3CCCN(c4cnn(C)c(=O)c4)C3)CC2)c1. The van der Waals surface area contributed by atoms with Gasteiger partial charge in [-0.05, 0) is 25.0 Å². The zero-order valence-corrected chi connectivity index (χ0v) is 17.7. The summed E-state index contributed by atoms with van der Waals surface area (Å²) in [6.07, 6.45) is 3.54. The molecule has 160 valence electrons. The number of piperidine rings is 1. The van der Waals surface area contributed by atoms with E-state index in [0.717, 1.165) is 62.7 Å². The van der Waals surface area contributed by atoms with Gasteiger partial charge in [-0.3, -0.25) is 9.59 Å². The molecule has 8 nitrogen and oxygen atoms in total. The Morgan fingerprint density at radius 2 is 1.87 bits per heavy atom. The second-order valence-corrected chi connectivity index (χ2v) is 7.97. The quantitative estimate of drug-likeness (QED) is 0.757. The van der Waals surface area contributed by atoms with Gasteiger partial charge in [0.15, 0.2) is 0 Å². The molecule has 1 aromatic carbocycles. The van der Waals surface area contributed by atoms with Gasteiger partial charge < -0.3 is 19.4 Å². The van der Waals surface area contributed by atoms with Crippen LogP contribution in [0.15, 0.2) is 41.3 Å². The molecular weight excluding hydrogens is 382 g/mol. The van der Waals surface area contributed by atoms with Crippen LogP contribution in [-0.2, 0) is 11.8 Å². The minimum absolute atomic E-state index is 0.0359. The lowest BCUT2D eigenvalue weighted by molar-refractivity contribution is -0.136. The van der Waals surface area contributed by atoms with E-state index in [1.165, 1.54) is 4.68 Å². The van der Waals surface area contributed by atoms with Gasteiger partial charge in [0.1, 0.15) is 5.75 Å². The second kappa shape index (κ2) is 8.77. The first-order valence-electron chi connectivity index (χ1n) is 10.5. The second-order valence-electron chi connectivity index (χ2n) is 7.97. The van der Waals surface area contributed by atoms with Gasteiger partial charge in [0.25, 0.3) is 5.56 Å². The summed E-state index contributed by atoms with van der Waals surface area (Å²) in [6.45, 7) is 4.56. The highest BCUT2D eigenvalue weighted by molar-refractivity contribution is 5.80. The Labute approximate surface area is 176 Å². The highest BCUT2D eigenvalue weighted by Crippen LogP contribution is 2.25. The minimum atomic E-state index is -0.130. The van der Waals surface area contributed by atoms with Crippen LogP contribution in [0.2, 0.25) is 0 Å². The highest BCUT2D eigenvalue weighted by Gasteiger charge is 2.31. The van der Waals surface area contributed by atoms with Crippen LogP contribution in [0.25, 0.3) is 0 Å². The topological polar surface area (TPSA) is 70.9 Å².